The van der Waals surface area contributed by atoms with Crippen molar-refractivity contribution in [2.75, 3.05) is 0 Å². The number of rotatable bonds is 2. The van der Waals surface area contributed by atoms with Gasteiger partial charge < -0.3 is 10.1 Å². The summed E-state index contributed by atoms with van der Waals surface area (Å²) in [5.74, 6) is -1.31. The minimum absolute atomic E-state index is 0.119. The molecular formula is C18H12N2O3. The largest absolute Gasteiger partial charge is 0.478 e. The van der Waals surface area contributed by atoms with Gasteiger partial charge in [0.05, 0.1) is 16.6 Å². The molecule has 0 saturated heterocycles. The Kier molecular flexibility index (Phi) is 2.81. The van der Waals surface area contributed by atoms with Crippen LogP contribution in [0.3, 0.4) is 0 Å². The van der Waals surface area contributed by atoms with Crippen molar-refractivity contribution in [1.29, 1.82) is 0 Å². The summed E-state index contributed by atoms with van der Waals surface area (Å²) < 4.78 is 1.40. The summed E-state index contributed by atoms with van der Waals surface area (Å²) in [6.07, 6.45) is 3.04. The third-order valence-electron chi connectivity index (χ3n) is 3.98. The summed E-state index contributed by atoms with van der Waals surface area (Å²) in [7, 11) is 0. The van der Waals surface area contributed by atoms with Crippen LogP contribution in [-0.2, 0) is 0 Å². The smallest absolute Gasteiger partial charge is 0.337 e. The van der Waals surface area contributed by atoms with Gasteiger partial charge in [-0.3, -0.25) is 9.36 Å². The van der Waals surface area contributed by atoms with Crippen LogP contribution in [-0.4, -0.2) is 26.5 Å². The van der Waals surface area contributed by atoms with Crippen molar-refractivity contribution in [2.24, 2.45) is 0 Å². The van der Waals surface area contributed by atoms with E-state index in [2.05, 4.69) is 4.98 Å². The topological polar surface area (TPSA) is 75.1 Å². The fourth-order valence-corrected chi connectivity index (χ4v) is 2.90. The Morgan fingerprint density at radius 3 is 2.39 bits per heavy atom. The van der Waals surface area contributed by atoms with E-state index in [9.17, 15) is 14.7 Å². The Labute approximate surface area is 130 Å². The summed E-state index contributed by atoms with van der Waals surface area (Å²) in [5.41, 5.74) is 2.08. The number of hydrogen-bond donors (Lipinski definition) is 2. The predicted molar refractivity (Wildman–Crippen MR) is 86.9 cm³/mol. The molecule has 2 aromatic carbocycles. The van der Waals surface area contributed by atoms with Crippen LogP contribution in [0.4, 0.5) is 0 Å². The zero-order chi connectivity index (χ0) is 16.0. The molecule has 5 nitrogen and oxygen atoms in total. The number of carboxylic acid groups (broad SMARTS) is 1. The van der Waals surface area contributed by atoms with Crippen molar-refractivity contribution in [3.8, 4) is 0 Å². The van der Waals surface area contributed by atoms with Crippen LogP contribution < -0.4 is 0 Å². The van der Waals surface area contributed by atoms with Gasteiger partial charge in [-0.2, -0.15) is 0 Å². The van der Waals surface area contributed by atoms with Gasteiger partial charge in [0.2, 0.25) is 0 Å². The highest BCUT2D eigenvalue weighted by atomic mass is 16.4. The van der Waals surface area contributed by atoms with Crippen LogP contribution in [0, 0.1) is 0 Å². The number of carboxylic acids is 1. The van der Waals surface area contributed by atoms with Crippen molar-refractivity contribution in [1.82, 2.24) is 9.55 Å². The highest BCUT2D eigenvalue weighted by Gasteiger charge is 2.20. The van der Waals surface area contributed by atoms with Crippen molar-refractivity contribution in [3.63, 3.8) is 0 Å². The van der Waals surface area contributed by atoms with Gasteiger partial charge in [-0.05, 0) is 12.1 Å². The summed E-state index contributed by atoms with van der Waals surface area (Å²) in [6.45, 7) is 0. The number of nitrogens with one attached hydrogen (secondary N) is 1. The van der Waals surface area contributed by atoms with E-state index in [1.165, 1.54) is 10.8 Å². The minimum Gasteiger partial charge on any atom is -0.478 e. The highest BCUT2D eigenvalue weighted by molar-refractivity contribution is 6.13. The van der Waals surface area contributed by atoms with Crippen molar-refractivity contribution >= 4 is 33.7 Å². The van der Waals surface area contributed by atoms with Gasteiger partial charge in [0.1, 0.15) is 0 Å². The molecule has 0 radical (unpaired) electrons. The van der Waals surface area contributed by atoms with Crippen LogP contribution in [0.25, 0.3) is 21.8 Å². The maximum absolute atomic E-state index is 12.9. The molecule has 112 valence electrons. The first-order valence-electron chi connectivity index (χ1n) is 7.11. The van der Waals surface area contributed by atoms with E-state index in [0.29, 0.717) is 16.5 Å². The number of aromatic amines is 1. The number of fused-ring (bicyclic) bond motifs is 2. The number of aromatic carboxylic acids is 1. The maximum Gasteiger partial charge on any atom is 0.337 e. The molecule has 0 bridgehead atoms. The lowest BCUT2D eigenvalue weighted by Crippen LogP contribution is -2.10. The molecule has 0 amide bonds. The molecule has 0 unspecified atom stereocenters. The van der Waals surface area contributed by atoms with Gasteiger partial charge in [0.25, 0.3) is 5.91 Å². The second-order valence-electron chi connectivity index (χ2n) is 5.29. The molecule has 4 rings (SSSR count). The average Bonchev–Trinajstić information content (AvgIpc) is 3.16. The Balaban J connectivity index is 1.95. The molecule has 23 heavy (non-hydrogen) atoms. The molecule has 2 aromatic heterocycles. The van der Waals surface area contributed by atoms with Crippen LogP contribution >= 0.6 is 0 Å². The third-order valence-corrected chi connectivity index (χ3v) is 3.98. The zero-order valence-electron chi connectivity index (χ0n) is 12.0. The van der Waals surface area contributed by atoms with Crippen LogP contribution in [0.1, 0.15) is 20.7 Å². The number of para-hydroxylation sites is 2. The molecule has 2 heterocycles. The highest BCUT2D eigenvalue weighted by Crippen LogP contribution is 2.25. The number of benzene rings is 2. The first kappa shape index (κ1) is 13.3. The quantitative estimate of drug-likeness (QED) is 0.595. The number of carbonyl (C=O) groups is 2. The summed E-state index contributed by atoms with van der Waals surface area (Å²) in [5, 5.41) is 10.7. The lowest BCUT2D eigenvalue weighted by molar-refractivity contribution is 0.0699. The molecule has 0 atom stereocenters. The predicted octanol–water partition coefficient (Wildman–Crippen LogP) is 3.51. The third kappa shape index (κ3) is 1.94. The fourth-order valence-electron chi connectivity index (χ4n) is 2.90. The van der Waals surface area contributed by atoms with Gasteiger partial charge in [-0.1, -0.05) is 36.4 Å². The Morgan fingerprint density at radius 2 is 1.61 bits per heavy atom. The van der Waals surface area contributed by atoms with E-state index in [4.69, 9.17) is 0 Å². The molecular weight excluding hydrogens is 292 g/mol. The van der Waals surface area contributed by atoms with E-state index < -0.39 is 5.97 Å². The Hall–Kier alpha value is -3.34. The number of H-pyrrole nitrogens is 1. The van der Waals surface area contributed by atoms with E-state index in [1.54, 1.807) is 30.5 Å². The van der Waals surface area contributed by atoms with Crippen LogP contribution in [0.2, 0.25) is 0 Å². The molecule has 0 spiro atoms. The lowest BCUT2D eigenvalue weighted by atomic mass is 10.1. The van der Waals surface area contributed by atoms with Gasteiger partial charge in [0, 0.05) is 28.7 Å². The van der Waals surface area contributed by atoms with Gasteiger partial charge in [0.15, 0.2) is 0 Å². The summed E-state index contributed by atoms with van der Waals surface area (Å²) >= 11 is 0. The van der Waals surface area contributed by atoms with E-state index >= 15 is 0 Å². The molecule has 0 fully saturated rings. The average molecular weight is 304 g/mol. The molecule has 0 aliphatic carbocycles. The summed E-state index contributed by atoms with van der Waals surface area (Å²) in [4.78, 5) is 27.4. The standard InChI is InChI=1S/C18H12N2O3/c21-17(13-9-19-15-7-3-1-5-11(13)15)20-10-14(18(22)23)12-6-2-4-8-16(12)20/h1-10,19H,(H,22,23). The van der Waals surface area contributed by atoms with E-state index in [1.807, 2.05) is 24.3 Å². The van der Waals surface area contributed by atoms with Crippen LogP contribution in [0.5, 0.6) is 0 Å². The number of carbonyl (C=O) groups excluding carboxylic acids is 1. The maximum atomic E-state index is 12.9. The zero-order valence-corrected chi connectivity index (χ0v) is 12.0. The van der Waals surface area contributed by atoms with Crippen LogP contribution in [0.15, 0.2) is 60.9 Å². The van der Waals surface area contributed by atoms with E-state index in [-0.39, 0.29) is 11.5 Å². The lowest BCUT2D eigenvalue weighted by Gasteiger charge is -2.02. The van der Waals surface area contributed by atoms with Gasteiger partial charge in [-0.15, -0.1) is 0 Å². The normalized spacial score (nSPS) is 11.1. The number of nitrogens with zero attached hydrogens (tertiary/aromatic N) is 1. The monoisotopic (exact) mass is 304 g/mol. The second kappa shape index (κ2) is 4.84. The number of aromatic nitrogens is 2. The molecule has 2 N–H and O–H groups in total. The number of hydrogen-bond acceptors (Lipinski definition) is 2. The minimum atomic E-state index is -1.05. The Bertz CT molecular complexity index is 1070. The second-order valence-corrected chi connectivity index (χ2v) is 5.29. The Morgan fingerprint density at radius 1 is 0.913 bits per heavy atom. The molecule has 5 heteroatoms. The van der Waals surface area contributed by atoms with Crippen molar-refractivity contribution < 1.29 is 14.7 Å². The molecule has 0 aliphatic rings. The van der Waals surface area contributed by atoms with Gasteiger partial charge >= 0.3 is 5.97 Å². The van der Waals surface area contributed by atoms with Gasteiger partial charge in [-0.25, -0.2) is 4.79 Å². The molecule has 0 aliphatic heterocycles. The molecule has 4 aromatic rings. The van der Waals surface area contributed by atoms with Crippen molar-refractivity contribution in [2.45, 2.75) is 0 Å². The summed E-state index contributed by atoms with van der Waals surface area (Å²) in [6, 6.07) is 14.5. The van der Waals surface area contributed by atoms with Crippen molar-refractivity contribution in [3.05, 3.63) is 72.1 Å². The first-order chi connectivity index (χ1) is 11.2. The first-order valence-corrected chi connectivity index (χ1v) is 7.11. The SMILES string of the molecule is O=C(O)c1cn(C(=O)c2c[nH]c3ccccc23)c2ccccc12. The van der Waals surface area contributed by atoms with E-state index in [0.717, 1.165) is 10.9 Å². The molecule has 0 saturated carbocycles. The fraction of sp³-hybridized carbons (Fsp3) is 0.